The number of aliphatic carboxylic acids is 1. The first-order chi connectivity index (χ1) is 26.4. The van der Waals surface area contributed by atoms with E-state index in [1.54, 1.807) is 0 Å². The zero-order chi connectivity index (χ0) is 39.6. The summed E-state index contributed by atoms with van der Waals surface area (Å²) < 4.78 is 5.94. The lowest BCUT2D eigenvalue weighted by molar-refractivity contribution is -0.147. The van der Waals surface area contributed by atoms with Crippen molar-refractivity contribution in [2.24, 2.45) is 5.73 Å². The van der Waals surface area contributed by atoms with E-state index in [2.05, 4.69) is 31.3 Å². The molecule has 54 heavy (non-hydrogen) atoms. The van der Waals surface area contributed by atoms with Crippen LogP contribution in [0, 0.1) is 0 Å². The van der Waals surface area contributed by atoms with E-state index in [-0.39, 0.29) is 18.0 Å². The van der Waals surface area contributed by atoms with Crippen LogP contribution in [-0.4, -0.2) is 41.6 Å². The van der Waals surface area contributed by atoms with Gasteiger partial charge in [0, 0.05) is 12.8 Å². The van der Waals surface area contributed by atoms with Gasteiger partial charge in [-0.25, -0.2) is 4.79 Å². The van der Waals surface area contributed by atoms with Crippen LogP contribution < -0.4 is 11.1 Å². The number of unbranched alkanes of at least 4 members (excludes halogenated alkanes) is 29. The molecular formula is C47H90N2O5. The zero-order valence-electron chi connectivity index (χ0n) is 35.8. The van der Waals surface area contributed by atoms with Gasteiger partial charge < -0.3 is 20.9 Å². The van der Waals surface area contributed by atoms with E-state index in [1.165, 1.54) is 161 Å². The van der Waals surface area contributed by atoms with Crippen LogP contribution in [0.4, 0.5) is 0 Å². The Bertz CT molecular complexity index is 863. The third-order valence-corrected chi connectivity index (χ3v) is 10.8. The number of nitrogens with one attached hydrogen (secondary N) is 1. The van der Waals surface area contributed by atoms with E-state index in [4.69, 9.17) is 10.5 Å². The lowest BCUT2D eigenvalue weighted by Gasteiger charge is -2.15. The molecule has 0 aliphatic heterocycles. The molecule has 2 unspecified atom stereocenters. The number of nitrogens with two attached hydrogens (primary N) is 1. The van der Waals surface area contributed by atoms with E-state index in [1.807, 2.05) is 0 Å². The topological polar surface area (TPSA) is 119 Å². The second-order valence-corrected chi connectivity index (χ2v) is 16.2. The molecule has 0 bridgehead atoms. The summed E-state index contributed by atoms with van der Waals surface area (Å²) in [7, 11) is 0. The Balaban J connectivity index is 4.08. The Labute approximate surface area is 334 Å². The first-order valence-electron chi connectivity index (χ1n) is 23.5. The third-order valence-electron chi connectivity index (χ3n) is 10.8. The molecule has 0 aromatic rings. The lowest BCUT2D eigenvalue weighted by Crippen LogP contribution is -2.40. The minimum atomic E-state index is -1.01. The van der Waals surface area contributed by atoms with E-state index in [0.29, 0.717) is 38.6 Å². The van der Waals surface area contributed by atoms with Crippen molar-refractivity contribution in [3.05, 3.63) is 12.2 Å². The number of hydrogen-bond donors (Lipinski definition) is 3. The van der Waals surface area contributed by atoms with Gasteiger partial charge in [0.1, 0.15) is 12.1 Å². The Kier molecular flexibility index (Phi) is 40.8. The maximum atomic E-state index is 12.8. The van der Waals surface area contributed by atoms with Crippen molar-refractivity contribution in [1.29, 1.82) is 0 Å². The normalized spacial score (nSPS) is 12.6. The van der Waals surface area contributed by atoms with Gasteiger partial charge in [-0.05, 0) is 64.0 Å². The number of carbonyl (C=O) groups is 3. The number of carboxylic acid groups (broad SMARTS) is 1. The van der Waals surface area contributed by atoms with E-state index >= 15 is 0 Å². The standard InChI is InChI=1S/C47H90N2O5/c1-3-5-7-9-11-13-14-15-16-17-18-19-20-21-22-23-24-25-27-29-35-41-46(51)54-43(37-32-28-26-12-10-8-6-4-2)38-33-30-31-34-40-45(50)49-44(47(52)53)39-36-42-48/h32,37,43-44H,3-31,33-36,38-42,48H2,1-2H3,(H,49,50)(H,52,53)/b37-32-. The largest absolute Gasteiger partial charge is 0.480 e. The molecule has 0 aromatic carbocycles. The molecule has 0 aromatic heterocycles. The van der Waals surface area contributed by atoms with Gasteiger partial charge in [-0.15, -0.1) is 0 Å². The van der Waals surface area contributed by atoms with Gasteiger partial charge >= 0.3 is 11.9 Å². The molecule has 1 amide bonds. The van der Waals surface area contributed by atoms with Crippen LogP contribution >= 0.6 is 0 Å². The zero-order valence-corrected chi connectivity index (χ0v) is 35.8. The SMILES string of the molecule is CCCCCCCC/C=C\C(CCCCCCC(=O)NC(CCCN)C(=O)O)OC(=O)CCCCCCCCCCCCCCCCCCCCCCC. The summed E-state index contributed by atoms with van der Waals surface area (Å²) in [4.78, 5) is 36.4. The highest BCUT2D eigenvalue weighted by Gasteiger charge is 2.19. The van der Waals surface area contributed by atoms with E-state index in [9.17, 15) is 19.5 Å². The van der Waals surface area contributed by atoms with Crippen LogP contribution in [0.15, 0.2) is 12.2 Å². The summed E-state index contributed by atoms with van der Waals surface area (Å²) in [6.07, 6.45) is 47.2. The molecule has 7 heteroatoms. The van der Waals surface area contributed by atoms with Crippen molar-refractivity contribution in [2.45, 2.75) is 264 Å². The van der Waals surface area contributed by atoms with Crippen molar-refractivity contribution in [2.75, 3.05) is 6.54 Å². The number of carboxylic acids is 1. The molecule has 318 valence electrons. The molecule has 0 rings (SSSR count). The predicted molar refractivity (Wildman–Crippen MR) is 230 cm³/mol. The minimum absolute atomic E-state index is 0.0821. The highest BCUT2D eigenvalue weighted by atomic mass is 16.5. The molecule has 0 saturated carbocycles. The molecule has 0 fully saturated rings. The Hall–Kier alpha value is -1.89. The molecule has 2 atom stereocenters. The van der Waals surface area contributed by atoms with Crippen LogP contribution in [0.5, 0.6) is 0 Å². The summed E-state index contributed by atoms with van der Waals surface area (Å²) in [6, 6.07) is -0.867. The van der Waals surface area contributed by atoms with Crippen LogP contribution in [0.3, 0.4) is 0 Å². The van der Waals surface area contributed by atoms with Gasteiger partial charge in [-0.1, -0.05) is 193 Å². The van der Waals surface area contributed by atoms with Crippen molar-refractivity contribution < 1.29 is 24.2 Å². The lowest BCUT2D eigenvalue weighted by atomic mass is 10.0. The smallest absolute Gasteiger partial charge is 0.326 e. The second kappa shape index (κ2) is 42.3. The Morgan fingerprint density at radius 1 is 0.537 bits per heavy atom. The van der Waals surface area contributed by atoms with Crippen molar-refractivity contribution in [1.82, 2.24) is 5.32 Å². The average molecular weight is 763 g/mol. The maximum Gasteiger partial charge on any atom is 0.326 e. The highest BCUT2D eigenvalue weighted by Crippen LogP contribution is 2.17. The number of rotatable bonds is 43. The summed E-state index contributed by atoms with van der Waals surface area (Å²) in [5.74, 6) is -1.31. The fourth-order valence-electron chi connectivity index (χ4n) is 7.24. The number of hydrogen-bond acceptors (Lipinski definition) is 5. The predicted octanol–water partition coefficient (Wildman–Crippen LogP) is 13.5. The Morgan fingerprint density at radius 2 is 0.944 bits per heavy atom. The van der Waals surface area contributed by atoms with E-state index < -0.39 is 12.0 Å². The number of ether oxygens (including phenoxy) is 1. The van der Waals surface area contributed by atoms with Gasteiger partial charge in [0.05, 0.1) is 0 Å². The highest BCUT2D eigenvalue weighted by molar-refractivity contribution is 5.83. The average Bonchev–Trinajstić information content (AvgIpc) is 3.16. The fraction of sp³-hybridized carbons (Fsp3) is 0.894. The molecule has 0 spiro atoms. The first-order valence-corrected chi connectivity index (χ1v) is 23.5. The number of amides is 1. The minimum Gasteiger partial charge on any atom is -0.480 e. The first kappa shape index (κ1) is 52.1. The summed E-state index contributed by atoms with van der Waals surface area (Å²) in [5.41, 5.74) is 5.49. The molecule has 0 radical (unpaired) electrons. The van der Waals surface area contributed by atoms with Crippen molar-refractivity contribution >= 4 is 17.8 Å². The van der Waals surface area contributed by atoms with E-state index in [0.717, 1.165) is 44.9 Å². The second-order valence-electron chi connectivity index (χ2n) is 16.2. The van der Waals surface area contributed by atoms with Crippen LogP contribution in [0.25, 0.3) is 0 Å². The van der Waals surface area contributed by atoms with Crippen LogP contribution in [0.1, 0.15) is 251 Å². The maximum absolute atomic E-state index is 12.8. The van der Waals surface area contributed by atoms with Crippen molar-refractivity contribution in [3.63, 3.8) is 0 Å². The van der Waals surface area contributed by atoms with Crippen molar-refractivity contribution in [3.8, 4) is 0 Å². The van der Waals surface area contributed by atoms with Gasteiger partial charge in [0.15, 0.2) is 0 Å². The molecule has 0 heterocycles. The number of allylic oxidation sites excluding steroid dienone is 1. The van der Waals surface area contributed by atoms with Gasteiger partial charge in [-0.3, -0.25) is 9.59 Å². The Morgan fingerprint density at radius 3 is 1.39 bits per heavy atom. The molecular weight excluding hydrogens is 673 g/mol. The number of esters is 1. The van der Waals surface area contributed by atoms with Crippen LogP contribution in [-0.2, 0) is 19.1 Å². The fourth-order valence-corrected chi connectivity index (χ4v) is 7.24. The summed E-state index contributed by atoms with van der Waals surface area (Å²) >= 11 is 0. The summed E-state index contributed by atoms with van der Waals surface area (Å²) in [6.45, 7) is 4.94. The molecule has 0 aliphatic rings. The monoisotopic (exact) mass is 763 g/mol. The third kappa shape index (κ3) is 38.4. The quantitative estimate of drug-likeness (QED) is 0.0323. The molecule has 0 saturated heterocycles. The summed E-state index contributed by atoms with van der Waals surface area (Å²) in [5, 5.41) is 11.9. The number of carbonyl (C=O) groups excluding carboxylic acids is 2. The van der Waals surface area contributed by atoms with Crippen LogP contribution in [0.2, 0.25) is 0 Å². The van der Waals surface area contributed by atoms with Gasteiger partial charge in [0.2, 0.25) is 5.91 Å². The molecule has 4 N–H and O–H groups in total. The van der Waals surface area contributed by atoms with Gasteiger partial charge in [-0.2, -0.15) is 0 Å². The van der Waals surface area contributed by atoms with Gasteiger partial charge in [0.25, 0.3) is 0 Å². The molecule has 0 aliphatic carbocycles. The molecule has 7 nitrogen and oxygen atoms in total.